The van der Waals surface area contributed by atoms with Crippen molar-refractivity contribution in [2.45, 2.75) is 6.54 Å². The lowest BCUT2D eigenvalue weighted by Gasteiger charge is -2.32. The van der Waals surface area contributed by atoms with Crippen molar-refractivity contribution < 1.29 is 19.4 Å². The Morgan fingerprint density at radius 2 is 1.76 bits per heavy atom. The molecule has 0 radical (unpaired) electrons. The molecule has 2 aliphatic rings. The number of aryl methyl sites for hydroxylation is 1. The van der Waals surface area contributed by atoms with Crippen molar-refractivity contribution in [3.63, 3.8) is 0 Å². The number of hydrogen-bond acceptors (Lipinski definition) is 6. The first-order chi connectivity index (χ1) is 19.8. The van der Waals surface area contributed by atoms with Gasteiger partial charge in [-0.2, -0.15) is 5.10 Å². The van der Waals surface area contributed by atoms with E-state index in [1.165, 1.54) is 0 Å². The van der Waals surface area contributed by atoms with E-state index >= 15 is 0 Å². The Labute approximate surface area is 246 Å². The molecule has 1 saturated heterocycles. The Kier molecular flexibility index (Phi) is 7.33. The maximum Gasteiger partial charge on any atom is 0.337 e. The second-order valence-electron chi connectivity index (χ2n) is 10.0. The van der Waals surface area contributed by atoms with Crippen LogP contribution in [-0.4, -0.2) is 64.6 Å². The molecule has 1 aromatic heterocycles. The van der Waals surface area contributed by atoms with E-state index in [-0.39, 0.29) is 33.7 Å². The zero-order chi connectivity index (χ0) is 28.7. The molecule has 0 unspecified atom stereocenters. The lowest BCUT2D eigenvalue weighted by molar-refractivity contribution is 0.0695. The lowest BCUT2D eigenvalue weighted by atomic mass is 9.96. The van der Waals surface area contributed by atoms with E-state index in [4.69, 9.17) is 27.9 Å². The number of carboxylic acids is 1. The summed E-state index contributed by atoms with van der Waals surface area (Å²) in [4.78, 5) is 29.3. The van der Waals surface area contributed by atoms with Gasteiger partial charge >= 0.3 is 5.97 Å². The number of fused-ring (bicyclic) bond motifs is 1. The van der Waals surface area contributed by atoms with E-state index in [9.17, 15) is 14.7 Å². The first-order valence-electron chi connectivity index (χ1n) is 13.1. The van der Waals surface area contributed by atoms with Gasteiger partial charge in [0.25, 0.3) is 5.91 Å². The molecule has 1 amide bonds. The summed E-state index contributed by atoms with van der Waals surface area (Å²) in [6.07, 6.45) is 3.57. The predicted octanol–water partition coefficient (Wildman–Crippen LogP) is 5.62. The van der Waals surface area contributed by atoms with Crippen LogP contribution in [0.15, 0.2) is 60.9 Å². The number of aromatic carboxylic acids is 1. The van der Waals surface area contributed by atoms with E-state index < -0.39 is 5.97 Å². The first kappa shape index (κ1) is 27.1. The number of nitrogens with one attached hydrogen (secondary N) is 1. The third-order valence-electron chi connectivity index (χ3n) is 7.43. The van der Waals surface area contributed by atoms with Crippen LogP contribution in [0.1, 0.15) is 26.3 Å². The van der Waals surface area contributed by atoms with Crippen molar-refractivity contribution in [1.29, 1.82) is 0 Å². The van der Waals surface area contributed by atoms with Gasteiger partial charge in [-0.15, -0.1) is 0 Å². The fourth-order valence-corrected chi connectivity index (χ4v) is 6.03. The minimum atomic E-state index is -0.966. The molecule has 210 valence electrons. The van der Waals surface area contributed by atoms with Gasteiger partial charge in [-0.3, -0.25) is 9.48 Å². The SMILES string of the molecule is Cn1cc(-c2cc(Cl)c(C(=O)N3CNc4c(cccc4-c4ccc(C(=O)O)c(N5CCOCC5)c4)C3)c(Cl)c2)cn1. The van der Waals surface area contributed by atoms with Crippen molar-refractivity contribution >= 4 is 46.5 Å². The van der Waals surface area contributed by atoms with Crippen LogP contribution in [0.4, 0.5) is 11.4 Å². The van der Waals surface area contributed by atoms with E-state index in [2.05, 4.69) is 10.4 Å². The summed E-state index contributed by atoms with van der Waals surface area (Å²) in [7, 11) is 1.82. The fourth-order valence-electron chi connectivity index (χ4n) is 5.38. The maximum absolute atomic E-state index is 13.6. The van der Waals surface area contributed by atoms with E-state index in [0.29, 0.717) is 38.5 Å². The zero-order valence-corrected chi connectivity index (χ0v) is 23.7. The molecular formula is C30H27Cl2N5O4. The highest BCUT2D eigenvalue weighted by Gasteiger charge is 2.28. The normalized spacial score (nSPS) is 14.9. The monoisotopic (exact) mass is 591 g/mol. The van der Waals surface area contributed by atoms with Crippen LogP contribution in [-0.2, 0) is 18.3 Å². The first-order valence-corrected chi connectivity index (χ1v) is 13.9. The molecule has 0 bridgehead atoms. The molecule has 2 N–H and O–H groups in total. The molecular weight excluding hydrogens is 565 g/mol. The number of amides is 1. The highest BCUT2D eigenvalue weighted by molar-refractivity contribution is 6.40. The smallest absolute Gasteiger partial charge is 0.337 e. The predicted molar refractivity (Wildman–Crippen MR) is 159 cm³/mol. The minimum Gasteiger partial charge on any atom is -0.478 e. The number of halogens is 2. The molecule has 0 atom stereocenters. The van der Waals surface area contributed by atoms with Crippen LogP contribution >= 0.6 is 23.2 Å². The number of morpholine rings is 1. The Hall–Kier alpha value is -4.05. The van der Waals surface area contributed by atoms with Gasteiger partial charge in [0.15, 0.2) is 0 Å². The summed E-state index contributed by atoms with van der Waals surface area (Å²) in [5.41, 5.74) is 6.45. The van der Waals surface area contributed by atoms with Crippen LogP contribution in [0, 0.1) is 0 Å². The van der Waals surface area contributed by atoms with Gasteiger partial charge in [0.05, 0.1) is 52.9 Å². The van der Waals surface area contributed by atoms with Crippen LogP contribution in [0.5, 0.6) is 0 Å². The van der Waals surface area contributed by atoms with Crippen LogP contribution < -0.4 is 10.2 Å². The molecule has 1 fully saturated rings. The number of carbonyl (C=O) groups is 2. The summed E-state index contributed by atoms with van der Waals surface area (Å²) in [5, 5.41) is 17.9. The molecule has 0 saturated carbocycles. The van der Waals surface area contributed by atoms with Crippen molar-refractivity contribution in [2.75, 3.05) is 43.2 Å². The number of rotatable bonds is 5. The summed E-state index contributed by atoms with van der Waals surface area (Å²) in [6, 6.07) is 14.8. The lowest BCUT2D eigenvalue weighted by Crippen LogP contribution is -2.39. The molecule has 0 aliphatic carbocycles. The summed E-state index contributed by atoms with van der Waals surface area (Å²) in [5.74, 6) is -1.24. The largest absolute Gasteiger partial charge is 0.478 e. The standard InChI is InChI=1S/C30H27Cl2N5O4/c1-35-15-21(14-34-35)20-11-24(31)27(25(32)12-20)29(38)37-16-19-3-2-4-22(28(19)33-17-37)18-5-6-23(30(39)40)26(13-18)36-7-9-41-10-8-36/h2-6,11-15,33H,7-10,16-17H2,1H3,(H,39,40). The zero-order valence-electron chi connectivity index (χ0n) is 22.2. The van der Waals surface area contributed by atoms with Crippen LogP contribution in [0.2, 0.25) is 10.0 Å². The second kappa shape index (κ2) is 11.1. The van der Waals surface area contributed by atoms with Gasteiger partial charge in [0.1, 0.15) is 0 Å². The highest BCUT2D eigenvalue weighted by Crippen LogP contribution is 2.38. The van der Waals surface area contributed by atoms with Gasteiger partial charge < -0.3 is 25.0 Å². The summed E-state index contributed by atoms with van der Waals surface area (Å²) >= 11 is 13.2. The maximum atomic E-state index is 13.6. The second-order valence-corrected chi connectivity index (χ2v) is 10.8. The Morgan fingerprint density at radius 1 is 1.00 bits per heavy atom. The van der Waals surface area contributed by atoms with E-state index in [1.54, 1.807) is 34.0 Å². The average Bonchev–Trinajstić information content (AvgIpc) is 3.42. The molecule has 3 heterocycles. The van der Waals surface area contributed by atoms with Gasteiger partial charge in [-0.1, -0.05) is 47.5 Å². The number of hydrogen-bond donors (Lipinski definition) is 2. The molecule has 6 rings (SSSR count). The third-order valence-corrected chi connectivity index (χ3v) is 8.03. The van der Waals surface area contributed by atoms with Crippen molar-refractivity contribution in [1.82, 2.24) is 14.7 Å². The minimum absolute atomic E-state index is 0.252. The highest BCUT2D eigenvalue weighted by atomic mass is 35.5. The number of carboxylic acid groups (broad SMARTS) is 1. The summed E-state index contributed by atoms with van der Waals surface area (Å²) in [6.45, 7) is 2.96. The number of nitrogens with zero attached hydrogens (tertiary/aromatic N) is 4. The molecule has 0 spiro atoms. The number of aromatic nitrogens is 2. The van der Waals surface area contributed by atoms with Crippen molar-refractivity contribution in [2.24, 2.45) is 7.05 Å². The molecule has 9 nitrogen and oxygen atoms in total. The quantitative estimate of drug-likeness (QED) is 0.310. The third kappa shape index (κ3) is 5.24. The number of benzene rings is 3. The Balaban J connectivity index is 1.28. The fraction of sp³-hybridized carbons (Fsp3) is 0.233. The van der Waals surface area contributed by atoms with Gasteiger partial charge in [0, 0.05) is 49.7 Å². The average molecular weight is 592 g/mol. The van der Waals surface area contributed by atoms with Crippen LogP contribution in [0.25, 0.3) is 22.3 Å². The van der Waals surface area contributed by atoms with Crippen LogP contribution in [0.3, 0.4) is 0 Å². The summed E-state index contributed by atoms with van der Waals surface area (Å²) < 4.78 is 7.15. The van der Waals surface area contributed by atoms with Gasteiger partial charge in [-0.05, 0) is 41.0 Å². The van der Waals surface area contributed by atoms with Gasteiger partial charge in [0.2, 0.25) is 0 Å². The number of ether oxygens (including phenoxy) is 1. The Morgan fingerprint density at radius 3 is 2.44 bits per heavy atom. The molecule has 41 heavy (non-hydrogen) atoms. The Bertz CT molecular complexity index is 1640. The van der Waals surface area contributed by atoms with E-state index in [1.807, 2.05) is 48.5 Å². The number of anilines is 2. The molecule has 2 aliphatic heterocycles. The van der Waals surface area contributed by atoms with Crippen molar-refractivity contribution in [3.8, 4) is 22.3 Å². The molecule has 4 aromatic rings. The number of carbonyl (C=O) groups excluding carboxylic acids is 1. The molecule has 3 aromatic carbocycles. The topological polar surface area (TPSA) is 99.9 Å². The molecule has 11 heteroatoms. The van der Waals surface area contributed by atoms with Gasteiger partial charge in [-0.25, -0.2) is 4.79 Å². The number of para-hydroxylation sites is 1. The van der Waals surface area contributed by atoms with Crippen molar-refractivity contribution in [3.05, 3.63) is 87.7 Å². The van der Waals surface area contributed by atoms with E-state index in [0.717, 1.165) is 33.5 Å².